The highest BCUT2D eigenvalue weighted by molar-refractivity contribution is 9.10. The highest BCUT2D eigenvalue weighted by Crippen LogP contribution is 2.20. The normalized spacial score (nSPS) is 10.2. The van der Waals surface area contributed by atoms with Gasteiger partial charge in [0.15, 0.2) is 0 Å². The summed E-state index contributed by atoms with van der Waals surface area (Å²) < 4.78 is 1.08. The monoisotopic (exact) mass is 332 g/mol. The topological polar surface area (TPSA) is 41.1 Å². The van der Waals surface area contributed by atoms with Crippen LogP contribution in [-0.2, 0) is 6.54 Å². The number of benzene rings is 2. The molecule has 0 aliphatic carbocycles. The molecule has 0 fully saturated rings. The Morgan fingerprint density at radius 1 is 1.15 bits per heavy atom. The molecule has 0 spiro atoms. The van der Waals surface area contributed by atoms with Crippen molar-refractivity contribution in [1.82, 2.24) is 5.32 Å². The lowest BCUT2D eigenvalue weighted by Gasteiger charge is -2.10. The lowest BCUT2D eigenvalue weighted by atomic mass is 10.1. The zero-order chi connectivity index (χ0) is 14.5. The fraction of sp³-hybridized carbons (Fsp3) is 0.188. The maximum absolute atomic E-state index is 11.4. The molecule has 2 N–H and O–H groups in total. The fourth-order valence-electron chi connectivity index (χ4n) is 1.94. The van der Waals surface area contributed by atoms with E-state index < -0.39 is 0 Å². The van der Waals surface area contributed by atoms with E-state index in [1.807, 2.05) is 30.3 Å². The number of hydrogen-bond acceptors (Lipinski definition) is 2. The molecule has 0 bridgehead atoms. The van der Waals surface area contributed by atoms with E-state index in [9.17, 15) is 4.79 Å². The molecule has 104 valence electrons. The Kier molecular flexibility index (Phi) is 4.79. The number of carbonyl (C=O) groups is 1. The van der Waals surface area contributed by atoms with Crippen LogP contribution in [0, 0.1) is 6.92 Å². The molecular formula is C16H17BrN2O. The van der Waals surface area contributed by atoms with Crippen LogP contribution in [0.1, 0.15) is 21.5 Å². The molecular weight excluding hydrogens is 316 g/mol. The van der Waals surface area contributed by atoms with Crippen LogP contribution < -0.4 is 10.6 Å². The minimum absolute atomic E-state index is 0.0618. The maximum atomic E-state index is 11.4. The van der Waals surface area contributed by atoms with E-state index in [4.69, 9.17) is 0 Å². The van der Waals surface area contributed by atoms with Crippen molar-refractivity contribution in [3.05, 3.63) is 63.6 Å². The van der Waals surface area contributed by atoms with Crippen LogP contribution in [0.15, 0.2) is 46.9 Å². The van der Waals surface area contributed by atoms with Gasteiger partial charge in [0.05, 0.1) is 0 Å². The highest BCUT2D eigenvalue weighted by Gasteiger charge is 2.03. The van der Waals surface area contributed by atoms with Gasteiger partial charge in [-0.3, -0.25) is 4.79 Å². The average molecular weight is 333 g/mol. The first kappa shape index (κ1) is 14.6. The number of amides is 1. The molecule has 2 aromatic carbocycles. The average Bonchev–Trinajstić information content (AvgIpc) is 2.46. The third kappa shape index (κ3) is 3.61. The molecule has 0 aliphatic heterocycles. The number of nitrogens with one attached hydrogen (secondary N) is 2. The van der Waals surface area contributed by atoms with Gasteiger partial charge in [-0.05, 0) is 48.4 Å². The Hall–Kier alpha value is -1.81. The first-order chi connectivity index (χ1) is 9.60. The van der Waals surface area contributed by atoms with Crippen molar-refractivity contribution >= 4 is 27.5 Å². The van der Waals surface area contributed by atoms with Crippen LogP contribution in [0.3, 0.4) is 0 Å². The Morgan fingerprint density at radius 2 is 1.85 bits per heavy atom. The van der Waals surface area contributed by atoms with Gasteiger partial charge in [0, 0.05) is 29.3 Å². The molecule has 3 nitrogen and oxygen atoms in total. The van der Waals surface area contributed by atoms with Crippen LogP contribution in [0.5, 0.6) is 0 Å². The first-order valence-electron chi connectivity index (χ1n) is 6.41. The van der Waals surface area contributed by atoms with Crippen LogP contribution in [0.4, 0.5) is 5.69 Å². The molecule has 0 saturated carbocycles. The van der Waals surface area contributed by atoms with Crippen LogP contribution in [0.2, 0.25) is 0 Å². The molecule has 0 radical (unpaired) electrons. The van der Waals surface area contributed by atoms with Crippen LogP contribution in [-0.4, -0.2) is 13.0 Å². The zero-order valence-electron chi connectivity index (χ0n) is 11.5. The molecule has 0 unspecified atom stereocenters. The molecule has 4 heteroatoms. The lowest BCUT2D eigenvalue weighted by molar-refractivity contribution is 0.0963. The summed E-state index contributed by atoms with van der Waals surface area (Å²) in [7, 11) is 1.63. The number of aryl methyl sites for hydroxylation is 1. The fourth-order valence-corrected chi connectivity index (χ4v) is 2.42. The second-order valence-corrected chi connectivity index (χ2v) is 5.50. The first-order valence-corrected chi connectivity index (χ1v) is 7.20. The van der Waals surface area contributed by atoms with E-state index in [0.29, 0.717) is 5.56 Å². The third-order valence-corrected chi connectivity index (χ3v) is 3.61. The van der Waals surface area contributed by atoms with Crippen molar-refractivity contribution in [2.75, 3.05) is 12.4 Å². The molecule has 20 heavy (non-hydrogen) atoms. The van der Waals surface area contributed by atoms with Crippen LogP contribution in [0.25, 0.3) is 0 Å². The summed E-state index contributed by atoms with van der Waals surface area (Å²) in [6.07, 6.45) is 0. The van der Waals surface area contributed by atoms with Gasteiger partial charge in [0.2, 0.25) is 0 Å². The van der Waals surface area contributed by atoms with E-state index >= 15 is 0 Å². The van der Waals surface area contributed by atoms with Gasteiger partial charge in [-0.25, -0.2) is 0 Å². The number of anilines is 1. The molecule has 0 aliphatic rings. The Balaban J connectivity index is 2.02. The smallest absolute Gasteiger partial charge is 0.251 e. The van der Waals surface area contributed by atoms with E-state index in [0.717, 1.165) is 22.3 Å². The summed E-state index contributed by atoms with van der Waals surface area (Å²) in [6.45, 7) is 2.80. The van der Waals surface area contributed by atoms with Gasteiger partial charge in [-0.15, -0.1) is 0 Å². The molecule has 0 atom stereocenters. The van der Waals surface area contributed by atoms with E-state index in [1.54, 1.807) is 7.05 Å². The summed E-state index contributed by atoms with van der Waals surface area (Å²) in [6, 6.07) is 13.8. The molecule has 0 saturated heterocycles. The van der Waals surface area contributed by atoms with Crippen molar-refractivity contribution < 1.29 is 4.79 Å². The van der Waals surface area contributed by atoms with Crippen molar-refractivity contribution in [3.63, 3.8) is 0 Å². The van der Waals surface area contributed by atoms with Crippen molar-refractivity contribution in [3.8, 4) is 0 Å². The summed E-state index contributed by atoms with van der Waals surface area (Å²) in [5, 5.41) is 6.01. The van der Waals surface area contributed by atoms with Gasteiger partial charge in [-0.2, -0.15) is 0 Å². The molecule has 1 amide bonds. The second-order valence-electron chi connectivity index (χ2n) is 4.59. The van der Waals surface area contributed by atoms with Gasteiger partial charge >= 0.3 is 0 Å². The molecule has 2 rings (SSSR count). The summed E-state index contributed by atoms with van der Waals surface area (Å²) in [4.78, 5) is 11.4. The molecule has 0 heterocycles. The standard InChI is InChI=1S/C16H17BrN2O/c1-11-9-14(17)7-8-15(11)19-10-12-3-5-13(6-4-12)16(20)18-2/h3-9,19H,10H2,1-2H3,(H,18,20). The number of carbonyl (C=O) groups excluding carboxylic acids is 1. The lowest BCUT2D eigenvalue weighted by Crippen LogP contribution is -2.17. The van der Waals surface area contributed by atoms with E-state index in [1.165, 1.54) is 5.56 Å². The van der Waals surface area contributed by atoms with Gasteiger partial charge < -0.3 is 10.6 Å². The van der Waals surface area contributed by atoms with Crippen molar-refractivity contribution in [2.45, 2.75) is 13.5 Å². The molecule has 2 aromatic rings. The van der Waals surface area contributed by atoms with Gasteiger partial charge in [0.1, 0.15) is 0 Å². The van der Waals surface area contributed by atoms with Crippen molar-refractivity contribution in [1.29, 1.82) is 0 Å². The minimum Gasteiger partial charge on any atom is -0.381 e. The number of rotatable bonds is 4. The zero-order valence-corrected chi connectivity index (χ0v) is 13.1. The number of halogens is 1. The SMILES string of the molecule is CNC(=O)c1ccc(CNc2ccc(Br)cc2C)cc1. The Bertz CT molecular complexity index is 608. The van der Waals surface area contributed by atoms with Gasteiger partial charge in [0.25, 0.3) is 5.91 Å². The van der Waals surface area contributed by atoms with E-state index in [-0.39, 0.29) is 5.91 Å². The Morgan fingerprint density at radius 3 is 2.45 bits per heavy atom. The summed E-state index contributed by atoms with van der Waals surface area (Å²) in [5.74, 6) is -0.0618. The maximum Gasteiger partial charge on any atom is 0.251 e. The highest BCUT2D eigenvalue weighted by atomic mass is 79.9. The number of hydrogen-bond donors (Lipinski definition) is 2. The van der Waals surface area contributed by atoms with Crippen molar-refractivity contribution in [2.24, 2.45) is 0 Å². The summed E-state index contributed by atoms with van der Waals surface area (Å²) in [5.41, 5.74) is 4.13. The van der Waals surface area contributed by atoms with Crippen LogP contribution >= 0.6 is 15.9 Å². The quantitative estimate of drug-likeness (QED) is 0.895. The largest absolute Gasteiger partial charge is 0.381 e. The summed E-state index contributed by atoms with van der Waals surface area (Å²) >= 11 is 3.45. The second kappa shape index (κ2) is 6.57. The van der Waals surface area contributed by atoms with Gasteiger partial charge in [-0.1, -0.05) is 28.1 Å². The predicted molar refractivity (Wildman–Crippen MR) is 86.0 cm³/mol. The third-order valence-electron chi connectivity index (χ3n) is 3.11. The van der Waals surface area contributed by atoms with E-state index in [2.05, 4.69) is 45.6 Å². The molecule has 0 aromatic heterocycles. The predicted octanol–water partition coefficient (Wildman–Crippen LogP) is 3.73. The minimum atomic E-state index is -0.0618. The Labute approximate surface area is 127 Å².